The van der Waals surface area contributed by atoms with Crippen molar-refractivity contribution in [1.29, 1.82) is 0 Å². The van der Waals surface area contributed by atoms with E-state index in [0.29, 0.717) is 6.42 Å². The van der Waals surface area contributed by atoms with Gasteiger partial charge < -0.3 is 14.2 Å². The summed E-state index contributed by atoms with van der Waals surface area (Å²) in [6.07, 6.45) is 0.911. The number of methoxy groups -OCH3 is 1. The van der Waals surface area contributed by atoms with Crippen molar-refractivity contribution in [2.45, 2.75) is 19.6 Å². The molecule has 0 heterocycles. The van der Waals surface area contributed by atoms with Crippen molar-refractivity contribution >= 4 is 11.9 Å². The van der Waals surface area contributed by atoms with Crippen molar-refractivity contribution in [2.24, 2.45) is 0 Å². The monoisotopic (exact) mass is 202 g/mol. The van der Waals surface area contributed by atoms with E-state index in [-0.39, 0.29) is 6.61 Å². The number of hydrogen-bond acceptors (Lipinski definition) is 5. The summed E-state index contributed by atoms with van der Waals surface area (Å²) in [6.45, 7) is 4.91. The van der Waals surface area contributed by atoms with Crippen LogP contribution in [0, 0.1) is 0 Å². The lowest BCUT2D eigenvalue weighted by Crippen LogP contribution is -2.30. The first-order chi connectivity index (χ1) is 6.61. The zero-order valence-corrected chi connectivity index (χ0v) is 8.32. The van der Waals surface area contributed by atoms with Crippen LogP contribution < -0.4 is 0 Å². The Labute approximate surface area is 82.6 Å². The normalized spacial score (nSPS) is 11.6. The van der Waals surface area contributed by atoms with Gasteiger partial charge in [-0.1, -0.05) is 6.08 Å². The molecule has 0 aromatic rings. The second-order valence-electron chi connectivity index (χ2n) is 2.41. The molecule has 0 radical (unpaired) electrons. The molecule has 1 atom stereocenters. The lowest BCUT2D eigenvalue weighted by Gasteiger charge is -2.14. The van der Waals surface area contributed by atoms with Gasteiger partial charge in [0, 0.05) is 6.92 Å². The predicted octanol–water partition coefficient (Wildman–Crippen LogP) is 0.641. The summed E-state index contributed by atoms with van der Waals surface area (Å²) in [5.41, 5.74) is 0. The van der Waals surface area contributed by atoms with Crippen molar-refractivity contribution in [3.8, 4) is 0 Å². The third-order valence-corrected chi connectivity index (χ3v) is 1.26. The molecule has 0 saturated carbocycles. The summed E-state index contributed by atoms with van der Waals surface area (Å²) >= 11 is 0. The van der Waals surface area contributed by atoms with Gasteiger partial charge >= 0.3 is 18.2 Å². The molecule has 0 saturated heterocycles. The average molecular weight is 202 g/mol. The standard InChI is InChI=1S/C9H14O5/c1-4-5-6-13-9(8(11)12-3)14-7(2)10/h4,9H,1,5-6H2,2-3H3. The summed E-state index contributed by atoms with van der Waals surface area (Å²) in [5.74, 6) is -1.33. The molecule has 0 amide bonds. The molecule has 0 aliphatic carbocycles. The molecule has 14 heavy (non-hydrogen) atoms. The molecule has 0 fully saturated rings. The van der Waals surface area contributed by atoms with E-state index in [4.69, 9.17) is 4.74 Å². The van der Waals surface area contributed by atoms with Crippen molar-refractivity contribution in [3.05, 3.63) is 12.7 Å². The second kappa shape index (κ2) is 7.08. The molecule has 0 spiro atoms. The fourth-order valence-electron chi connectivity index (χ4n) is 0.656. The maximum Gasteiger partial charge on any atom is 0.376 e. The molecule has 0 aliphatic rings. The highest BCUT2D eigenvalue weighted by Gasteiger charge is 2.22. The van der Waals surface area contributed by atoms with E-state index in [1.54, 1.807) is 6.08 Å². The first-order valence-corrected chi connectivity index (χ1v) is 4.09. The van der Waals surface area contributed by atoms with Crippen LogP contribution in [-0.2, 0) is 23.8 Å². The minimum absolute atomic E-state index is 0.247. The average Bonchev–Trinajstić information content (AvgIpc) is 2.15. The Morgan fingerprint density at radius 1 is 1.50 bits per heavy atom. The lowest BCUT2D eigenvalue weighted by atomic mass is 10.4. The van der Waals surface area contributed by atoms with Gasteiger partial charge in [0.1, 0.15) is 0 Å². The number of hydrogen-bond donors (Lipinski definition) is 0. The molecule has 0 aliphatic heterocycles. The molecule has 0 aromatic carbocycles. The lowest BCUT2D eigenvalue weighted by molar-refractivity contribution is -0.197. The summed E-state index contributed by atoms with van der Waals surface area (Å²) in [7, 11) is 1.19. The minimum atomic E-state index is -1.28. The van der Waals surface area contributed by atoms with Gasteiger partial charge in [0.05, 0.1) is 13.7 Å². The van der Waals surface area contributed by atoms with E-state index >= 15 is 0 Å². The van der Waals surface area contributed by atoms with Crippen molar-refractivity contribution in [1.82, 2.24) is 0 Å². The first kappa shape index (κ1) is 12.6. The van der Waals surface area contributed by atoms with Gasteiger partial charge in [-0.05, 0) is 6.42 Å². The molecule has 80 valence electrons. The Hall–Kier alpha value is -1.36. The number of ether oxygens (including phenoxy) is 3. The summed E-state index contributed by atoms with van der Waals surface area (Å²) in [4.78, 5) is 21.6. The third-order valence-electron chi connectivity index (χ3n) is 1.26. The Morgan fingerprint density at radius 3 is 2.57 bits per heavy atom. The van der Waals surface area contributed by atoms with E-state index in [9.17, 15) is 9.59 Å². The number of carbonyl (C=O) groups excluding carboxylic acids is 2. The molecule has 0 N–H and O–H groups in total. The molecule has 0 aromatic heterocycles. The van der Waals surface area contributed by atoms with E-state index in [0.717, 1.165) is 0 Å². The molecule has 0 rings (SSSR count). The van der Waals surface area contributed by atoms with E-state index in [1.165, 1.54) is 14.0 Å². The third kappa shape index (κ3) is 5.31. The second-order valence-corrected chi connectivity index (χ2v) is 2.41. The number of esters is 2. The van der Waals surface area contributed by atoms with Crippen LogP contribution in [0.4, 0.5) is 0 Å². The quantitative estimate of drug-likeness (QED) is 0.274. The Bertz CT molecular complexity index is 211. The summed E-state index contributed by atoms with van der Waals surface area (Å²) in [5, 5.41) is 0. The summed E-state index contributed by atoms with van der Waals surface area (Å²) < 4.78 is 13.9. The van der Waals surface area contributed by atoms with Crippen LogP contribution in [-0.4, -0.2) is 31.9 Å². The van der Waals surface area contributed by atoms with Crippen LogP contribution in [0.1, 0.15) is 13.3 Å². The zero-order valence-electron chi connectivity index (χ0n) is 8.32. The number of rotatable bonds is 6. The number of carbonyl (C=O) groups is 2. The Morgan fingerprint density at radius 2 is 2.14 bits per heavy atom. The molecular weight excluding hydrogens is 188 g/mol. The van der Waals surface area contributed by atoms with Crippen LogP contribution >= 0.6 is 0 Å². The molecule has 5 heteroatoms. The van der Waals surface area contributed by atoms with E-state index in [2.05, 4.69) is 16.1 Å². The first-order valence-electron chi connectivity index (χ1n) is 4.09. The highest BCUT2D eigenvalue weighted by Crippen LogP contribution is 1.99. The van der Waals surface area contributed by atoms with E-state index < -0.39 is 18.2 Å². The molecule has 5 nitrogen and oxygen atoms in total. The maximum atomic E-state index is 11.0. The Balaban J connectivity index is 4.03. The largest absolute Gasteiger partial charge is 0.464 e. The molecular formula is C9H14O5. The summed E-state index contributed by atoms with van der Waals surface area (Å²) in [6, 6.07) is 0. The van der Waals surface area contributed by atoms with Gasteiger partial charge in [0.15, 0.2) is 0 Å². The predicted molar refractivity (Wildman–Crippen MR) is 48.3 cm³/mol. The van der Waals surface area contributed by atoms with Gasteiger partial charge in [-0.3, -0.25) is 4.79 Å². The zero-order chi connectivity index (χ0) is 11.0. The molecule has 0 bridgehead atoms. The van der Waals surface area contributed by atoms with Crippen molar-refractivity contribution < 1.29 is 23.8 Å². The van der Waals surface area contributed by atoms with Crippen LogP contribution in [0.15, 0.2) is 12.7 Å². The van der Waals surface area contributed by atoms with Gasteiger partial charge in [-0.2, -0.15) is 0 Å². The Kier molecular flexibility index (Phi) is 6.39. The van der Waals surface area contributed by atoms with E-state index in [1.807, 2.05) is 0 Å². The van der Waals surface area contributed by atoms with Gasteiger partial charge in [-0.25, -0.2) is 4.79 Å². The van der Waals surface area contributed by atoms with Crippen molar-refractivity contribution in [2.75, 3.05) is 13.7 Å². The maximum absolute atomic E-state index is 11.0. The van der Waals surface area contributed by atoms with Crippen LogP contribution in [0.2, 0.25) is 0 Å². The molecule has 1 unspecified atom stereocenters. The smallest absolute Gasteiger partial charge is 0.376 e. The minimum Gasteiger partial charge on any atom is -0.464 e. The highest BCUT2D eigenvalue weighted by atomic mass is 16.7. The van der Waals surface area contributed by atoms with Gasteiger partial charge in [-0.15, -0.1) is 6.58 Å². The topological polar surface area (TPSA) is 61.8 Å². The van der Waals surface area contributed by atoms with Crippen LogP contribution in [0.25, 0.3) is 0 Å². The van der Waals surface area contributed by atoms with Crippen LogP contribution in [0.3, 0.4) is 0 Å². The fourth-order valence-corrected chi connectivity index (χ4v) is 0.656. The fraction of sp³-hybridized carbons (Fsp3) is 0.556. The van der Waals surface area contributed by atoms with Crippen molar-refractivity contribution in [3.63, 3.8) is 0 Å². The highest BCUT2D eigenvalue weighted by molar-refractivity contribution is 5.77. The van der Waals surface area contributed by atoms with Crippen LogP contribution in [0.5, 0.6) is 0 Å². The SMILES string of the molecule is C=CCCOC(OC(C)=O)C(=O)OC. The van der Waals surface area contributed by atoms with Gasteiger partial charge in [0.2, 0.25) is 0 Å². The van der Waals surface area contributed by atoms with Gasteiger partial charge in [0.25, 0.3) is 0 Å².